The number of rotatable bonds is 3. The predicted molar refractivity (Wildman–Crippen MR) is 85.7 cm³/mol. The molecule has 0 aromatic rings. The van der Waals surface area contributed by atoms with Gasteiger partial charge in [0, 0.05) is 11.3 Å². The molecule has 0 saturated carbocycles. The SMILES string of the molecule is C=C[C@@H]1CC=CC(=O)[C@@]1(C)[C@@H]1C(=O)C(C)=CC[C@H]1C(=C)C. The highest BCUT2D eigenvalue weighted by Crippen LogP contribution is 2.50. The van der Waals surface area contributed by atoms with E-state index in [0.29, 0.717) is 0 Å². The Morgan fingerprint density at radius 3 is 2.62 bits per heavy atom. The summed E-state index contributed by atoms with van der Waals surface area (Å²) in [6, 6.07) is 0. The van der Waals surface area contributed by atoms with Gasteiger partial charge in [0.25, 0.3) is 0 Å². The number of carbonyl (C=O) groups is 2. The lowest BCUT2D eigenvalue weighted by Gasteiger charge is -2.46. The minimum atomic E-state index is -0.716. The van der Waals surface area contributed by atoms with E-state index in [9.17, 15) is 9.59 Å². The Bertz CT molecular complexity index is 564. The van der Waals surface area contributed by atoms with Crippen LogP contribution in [0, 0.1) is 23.2 Å². The van der Waals surface area contributed by atoms with Crippen molar-refractivity contribution in [2.75, 3.05) is 0 Å². The minimum Gasteiger partial charge on any atom is -0.294 e. The third-order valence-electron chi connectivity index (χ3n) is 5.28. The second-order valence-corrected chi connectivity index (χ2v) is 6.54. The summed E-state index contributed by atoms with van der Waals surface area (Å²) in [5.41, 5.74) is 1.03. The number of allylic oxidation sites excluding steroid dienone is 6. The summed E-state index contributed by atoms with van der Waals surface area (Å²) in [4.78, 5) is 25.5. The fourth-order valence-corrected chi connectivity index (χ4v) is 3.80. The van der Waals surface area contributed by atoms with Gasteiger partial charge in [0.05, 0.1) is 0 Å². The molecule has 2 nitrogen and oxygen atoms in total. The van der Waals surface area contributed by atoms with Gasteiger partial charge in [0.2, 0.25) is 0 Å². The van der Waals surface area contributed by atoms with Gasteiger partial charge in [-0.3, -0.25) is 9.59 Å². The van der Waals surface area contributed by atoms with E-state index in [1.807, 2.05) is 39.0 Å². The molecule has 2 aliphatic carbocycles. The van der Waals surface area contributed by atoms with E-state index < -0.39 is 5.41 Å². The molecule has 0 aromatic heterocycles. The van der Waals surface area contributed by atoms with Gasteiger partial charge < -0.3 is 0 Å². The van der Waals surface area contributed by atoms with Gasteiger partial charge in [-0.1, -0.05) is 37.3 Å². The van der Waals surface area contributed by atoms with E-state index in [4.69, 9.17) is 0 Å². The molecule has 21 heavy (non-hydrogen) atoms. The zero-order valence-electron chi connectivity index (χ0n) is 13.2. The van der Waals surface area contributed by atoms with Gasteiger partial charge in [-0.05, 0) is 50.2 Å². The summed E-state index contributed by atoms with van der Waals surface area (Å²) in [6.45, 7) is 13.7. The first-order valence-electron chi connectivity index (χ1n) is 7.54. The van der Waals surface area contributed by atoms with Crippen LogP contribution < -0.4 is 0 Å². The summed E-state index contributed by atoms with van der Waals surface area (Å²) < 4.78 is 0. The van der Waals surface area contributed by atoms with E-state index >= 15 is 0 Å². The molecule has 4 atom stereocenters. The molecule has 2 rings (SSSR count). The van der Waals surface area contributed by atoms with Crippen molar-refractivity contribution < 1.29 is 9.59 Å². The van der Waals surface area contributed by atoms with Crippen LogP contribution in [0.3, 0.4) is 0 Å². The molecule has 0 aliphatic heterocycles. The number of hydrogen-bond acceptors (Lipinski definition) is 2. The zero-order chi connectivity index (χ0) is 15.8. The lowest BCUT2D eigenvalue weighted by Crippen LogP contribution is -2.50. The first-order valence-corrected chi connectivity index (χ1v) is 7.54. The largest absolute Gasteiger partial charge is 0.294 e. The summed E-state index contributed by atoms with van der Waals surface area (Å²) in [5.74, 6) is -0.175. The van der Waals surface area contributed by atoms with Crippen LogP contribution in [-0.2, 0) is 9.59 Å². The molecule has 2 heteroatoms. The molecule has 0 aromatic carbocycles. The third kappa shape index (κ3) is 2.37. The van der Waals surface area contributed by atoms with Crippen molar-refractivity contribution in [3.63, 3.8) is 0 Å². The van der Waals surface area contributed by atoms with Crippen molar-refractivity contribution in [3.8, 4) is 0 Å². The average molecular weight is 284 g/mol. The van der Waals surface area contributed by atoms with Gasteiger partial charge >= 0.3 is 0 Å². The van der Waals surface area contributed by atoms with E-state index in [1.54, 1.807) is 6.08 Å². The first-order chi connectivity index (χ1) is 9.83. The van der Waals surface area contributed by atoms with Crippen molar-refractivity contribution in [2.24, 2.45) is 23.2 Å². The van der Waals surface area contributed by atoms with E-state index in [0.717, 1.165) is 24.0 Å². The maximum Gasteiger partial charge on any atom is 0.162 e. The summed E-state index contributed by atoms with van der Waals surface area (Å²) in [5, 5.41) is 0. The molecule has 0 radical (unpaired) electrons. The highest BCUT2D eigenvalue weighted by Gasteiger charge is 2.53. The highest BCUT2D eigenvalue weighted by atomic mass is 16.1. The topological polar surface area (TPSA) is 34.1 Å². The Balaban J connectivity index is 2.58. The van der Waals surface area contributed by atoms with Crippen LogP contribution in [0.2, 0.25) is 0 Å². The third-order valence-corrected chi connectivity index (χ3v) is 5.28. The molecule has 0 fully saturated rings. The fourth-order valence-electron chi connectivity index (χ4n) is 3.80. The Labute approximate surface area is 127 Å². The molecule has 0 bridgehead atoms. The fraction of sp³-hybridized carbons (Fsp3) is 0.474. The van der Waals surface area contributed by atoms with Gasteiger partial charge in [-0.25, -0.2) is 0 Å². The van der Waals surface area contributed by atoms with Gasteiger partial charge in [0.1, 0.15) is 0 Å². The predicted octanol–water partition coefficient (Wildman–Crippen LogP) is 4.05. The van der Waals surface area contributed by atoms with Crippen molar-refractivity contribution >= 4 is 11.6 Å². The molecule has 0 amide bonds. The molecule has 2 aliphatic rings. The first kappa shape index (κ1) is 15.7. The van der Waals surface area contributed by atoms with Crippen molar-refractivity contribution in [3.05, 3.63) is 48.6 Å². The normalized spacial score (nSPS) is 36.3. The van der Waals surface area contributed by atoms with E-state index in [2.05, 4.69) is 13.2 Å². The van der Waals surface area contributed by atoms with Crippen LogP contribution in [-0.4, -0.2) is 11.6 Å². The van der Waals surface area contributed by atoms with Gasteiger partial charge in [-0.2, -0.15) is 0 Å². The molecule has 0 spiro atoms. The summed E-state index contributed by atoms with van der Waals surface area (Å²) in [6.07, 6.45) is 8.89. The summed E-state index contributed by atoms with van der Waals surface area (Å²) >= 11 is 0. The van der Waals surface area contributed by atoms with Crippen LogP contribution in [0.5, 0.6) is 0 Å². The smallest absolute Gasteiger partial charge is 0.162 e. The summed E-state index contributed by atoms with van der Waals surface area (Å²) in [7, 11) is 0. The maximum absolute atomic E-state index is 12.8. The Hall–Kier alpha value is -1.70. The monoisotopic (exact) mass is 284 g/mol. The second kappa shape index (κ2) is 5.59. The van der Waals surface area contributed by atoms with E-state index in [-0.39, 0.29) is 29.3 Å². The standard InChI is InChI=1S/C19H24O2/c1-6-14-8-7-9-16(20)19(14,5)17-15(12(2)3)11-10-13(4)18(17)21/h6-7,9-10,14-15,17H,1-2,8,11H2,3-5H3/t14-,15+,17+,19+/m1/s1. The Morgan fingerprint density at radius 1 is 1.38 bits per heavy atom. The second-order valence-electron chi connectivity index (χ2n) is 6.54. The molecule has 0 unspecified atom stereocenters. The number of Topliss-reactive ketones (excluding diaryl/α,β-unsaturated/α-hetero) is 1. The molecular weight excluding hydrogens is 260 g/mol. The van der Waals surface area contributed by atoms with E-state index in [1.165, 1.54) is 0 Å². The van der Waals surface area contributed by atoms with Crippen molar-refractivity contribution in [1.29, 1.82) is 0 Å². The molecule has 0 N–H and O–H groups in total. The molecule has 112 valence electrons. The molecule has 0 saturated heterocycles. The van der Waals surface area contributed by atoms with Gasteiger partial charge in [-0.15, -0.1) is 6.58 Å². The van der Waals surface area contributed by atoms with Crippen LogP contribution in [0.15, 0.2) is 48.6 Å². The average Bonchev–Trinajstić information content (AvgIpc) is 2.44. The van der Waals surface area contributed by atoms with Crippen LogP contribution in [0.1, 0.15) is 33.6 Å². The number of carbonyl (C=O) groups excluding carboxylic acids is 2. The Morgan fingerprint density at radius 2 is 2.05 bits per heavy atom. The number of ketones is 2. The zero-order valence-corrected chi connectivity index (χ0v) is 13.2. The lowest BCUT2D eigenvalue weighted by molar-refractivity contribution is -0.139. The molecular formula is C19H24O2. The van der Waals surface area contributed by atoms with Crippen LogP contribution in [0.25, 0.3) is 0 Å². The lowest BCUT2D eigenvalue weighted by atomic mass is 9.54. The highest BCUT2D eigenvalue weighted by molar-refractivity contribution is 6.05. The quantitative estimate of drug-likeness (QED) is 0.733. The van der Waals surface area contributed by atoms with Crippen molar-refractivity contribution in [2.45, 2.75) is 33.6 Å². The molecule has 0 heterocycles. The minimum absolute atomic E-state index is 0.00306. The number of hydrogen-bond donors (Lipinski definition) is 0. The van der Waals surface area contributed by atoms with Crippen LogP contribution >= 0.6 is 0 Å². The maximum atomic E-state index is 12.8. The Kier molecular flexibility index (Phi) is 4.18. The van der Waals surface area contributed by atoms with Gasteiger partial charge in [0.15, 0.2) is 11.6 Å². The van der Waals surface area contributed by atoms with Crippen LogP contribution in [0.4, 0.5) is 0 Å². The van der Waals surface area contributed by atoms with Crippen molar-refractivity contribution in [1.82, 2.24) is 0 Å².